The molecular formula is C18H27N3O2. The summed E-state index contributed by atoms with van der Waals surface area (Å²) < 4.78 is 5.73. The lowest BCUT2D eigenvalue weighted by Gasteiger charge is -2.39. The van der Waals surface area contributed by atoms with E-state index in [-0.39, 0.29) is 18.1 Å². The number of amides is 1. The number of ether oxygens (including phenoxy) is 1. The molecule has 2 unspecified atom stereocenters. The van der Waals surface area contributed by atoms with Crippen LogP contribution < -0.4 is 4.90 Å². The molecule has 23 heavy (non-hydrogen) atoms. The number of carbonyl (C=O) groups excluding carboxylic acids is 1. The molecule has 2 atom stereocenters. The van der Waals surface area contributed by atoms with E-state index >= 15 is 0 Å². The Balaban J connectivity index is 1.57. The molecule has 1 amide bonds. The van der Waals surface area contributed by atoms with Gasteiger partial charge in [0.2, 0.25) is 5.91 Å². The number of morpholine rings is 1. The van der Waals surface area contributed by atoms with Gasteiger partial charge in [-0.3, -0.25) is 4.79 Å². The molecule has 2 aliphatic rings. The summed E-state index contributed by atoms with van der Waals surface area (Å²) in [4.78, 5) is 21.7. The van der Waals surface area contributed by atoms with Crippen LogP contribution in [0.4, 0.5) is 5.82 Å². The number of aryl methyl sites for hydroxylation is 1. The van der Waals surface area contributed by atoms with E-state index in [0.29, 0.717) is 5.91 Å². The van der Waals surface area contributed by atoms with Gasteiger partial charge < -0.3 is 14.5 Å². The highest BCUT2D eigenvalue weighted by molar-refractivity contribution is 5.79. The maximum Gasteiger partial charge on any atom is 0.225 e. The average Bonchev–Trinajstić information content (AvgIpc) is 2.53. The third-order valence-electron chi connectivity index (χ3n) is 4.77. The molecule has 0 aromatic carbocycles. The van der Waals surface area contributed by atoms with Crippen molar-refractivity contribution in [3.05, 3.63) is 23.9 Å². The molecule has 5 nitrogen and oxygen atoms in total. The van der Waals surface area contributed by atoms with Crippen molar-refractivity contribution in [1.82, 2.24) is 9.88 Å². The molecule has 126 valence electrons. The first-order chi connectivity index (χ1) is 11.0. The van der Waals surface area contributed by atoms with Crippen molar-refractivity contribution in [1.29, 1.82) is 0 Å². The highest BCUT2D eigenvalue weighted by Gasteiger charge is 2.32. The molecule has 2 fully saturated rings. The van der Waals surface area contributed by atoms with E-state index in [2.05, 4.69) is 16.0 Å². The molecule has 0 spiro atoms. The van der Waals surface area contributed by atoms with Crippen LogP contribution in [0.2, 0.25) is 0 Å². The predicted molar refractivity (Wildman–Crippen MR) is 90.5 cm³/mol. The van der Waals surface area contributed by atoms with Gasteiger partial charge in [-0.1, -0.05) is 6.07 Å². The van der Waals surface area contributed by atoms with Gasteiger partial charge in [0.25, 0.3) is 0 Å². The molecule has 1 aromatic heterocycles. The number of nitrogens with zero attached hydrogens (tertiary/aromatic N) is 3. The minimum atomic E-state index is 0.138. The van der Waals surface area contributed by atoms with Gasteiger partial charge in [0.05, 0.1) is 12.2 Å². The average molecular weight is 317 g/mol. The molecule has 3 heterocycles. The van der Waals surface area contributed by atoms with Crippen LogP contribution in [0.15, 0.2) is 18.2 Å². The summed E-state index contributed by atoms with van der Waals surface area (Å²) in [5.41, 5.74) is 1.04. The second-order valence-corrected chi connectivity index (χ2v) is 6.90. The van der Waals surface area contributed by atoms with Gasteiger partial charge in [-0.25, -0.2) is 4.98 Å². The largest absolute Gasteiger partial charge is 0.372 e. The van der Waals surface area contributed by atoms with Crippen LogP contribution in [0.1, 0.15) is 32.4 Å². The maximum absolute atomic E-state index is 12.8. The molecule has 0 radical (unpaired) electrons. The van der Waals surface area contributed by atoms with Crippen molar-refractivity contribution in [2.45, 2.75) is 45.8 Å². The smallest absolute Gasteiger partial charge is 0.225 e. The number of carbonyl (C=O) groups is 1. The van der Waals surface area contributed by atoms with E-state index in [0.717, 1.165) is 50.5 Å². The number of aromatic nitrogens is 1. The van der Waals surface area contributed by atoms with Crippen molar-refractivity contribution < 1.29 is 9.53 Å². The topological polar surface area (TPSA) is 45.7 Å². The quantitative estimate of drug-likeness (QED) is 0.839. The van der Waals surface area contributed by atoms with E-state index in [1.54, 1.807) is 0 Å². The molecule has 3 rings (SSSR count). The SMILES string of the molecule is Cc1cccc(N2CCC(C(=O)N3CC(C)OC(C)C3)CC2)n1. The Morgan fingerprint density at radius 3 is 2.43 bits per heavy atom. The van der Waals surface area contributed by atoms with E-state index in [1.807, 2.05) is 37.8 Å². The van der Waals surface area contributed by atoms with Gasteiger partial charge in [0.1, 0.15) is 5.82 Å². The standard InChI is InChI=1S/C18H27N3O2/c1-13-5-4-6-17(19-13)20-9-7-16(8-10-20)18(22)21-11-14(2)23-15(3)12-21/h4-6,14-16H,7-12H2,1-3H3. The Morgan fingerprint density at radius 2 is 1.83 bits per heavy atom. The molecular weight excluding hydrogens is 290 g/mol. The van der Waals surface area contributed by atoms with E-state index in [9.17, 15) is 4.79 Å². The highest BCUT2D eigenvalue weighted by atomic mass is 16.5. The van der Waals surface area contributed by atoms with Crippen molar-refractivity contribution in [3.8, 4) is 0 Å². The van der Waals surface area contributed by atoms with Crippen LogP contribution in [-0.4, -0.2) is 54.2 Å². The molecule has 0 N–H and O–H groups in total. The van der Waals surface area contributed by atoms with Crippen molar-refractivity contribution in [3.63, 3.8) is 0 Å². The number of hydrogen-bond acceptors (Lipinski definition) is 4. The van der Waals surface area contributed by atoms with E-state index in [4.69, 9.17) is 4.74 Å². The van der Waals surface area contributed by atoms with Crippen LogP contribution in [-0.2, 0) is 9.53 Å². The summed E-state index contributed by atoms with van der Waals surface area (Å²) in [5.74, 6) is 1.49. The van der Waals surface area contributed by atoms with Gasteiger partial charge >= 0.3 is 0 Å². The highest BCUT2D eigenvalue weighted by Crippen LogP contribution is 2.25. The fourth-order valence-corrected chi connectivity index (χ4v) is 3.68. The number of piperidine rings is 1. The fourth-order valence-electron chi connectivity index (χ4n) is 3.68. The van der Waals surface area contributed by atoms with Gasteiger partial charge in [-0.05, 0) is 45.7 Å². The summed E-state index contributed by atoms with van der Waals surface area (Å²) in [6.45, 7) is 9.36. The molecule has 5 heteroatoms. The summed E-state index contributed by atoms with van der Waals surface area (Å²) >= 11 is 0. The Morgan fingerprint density at radius 1 is 1.17 bits per heavy atom. The van der Waals surface area contributed by atoms with Gasteiger partial charge in [0, 0.05) is 37.8 Å². The summed E-state index contributed by atoms with van der Waals surface area (Å²) in [6, 6.07) is 6.12. The second-order valence-electron chi connectivity index (χ2n) is 6.90. The fraction of sp³-hybridized carbons (Fsp3) is 0.667. The van der Waals surface area contributed by atoms with Gasteiger partial charge in [-0.2, -0.15) is 0 Å². The molecule has 2 saturated heterocycles. The monoisotopic (exact) mass is 317 g/mol. The summed E-state index contributed by atoms with van der Waals surface area (Å²) in [5, 5.41) is 0. The van der Waals surface area contributed by atoms with Crippen molar-refractivity contribution in [2.24, 2.45) is 5.92 Å². The van der Waals surface area contributed by atoms with Crippen LogP contribution in [0.25, 0.3) is 0 Å². The maximum atomic E-state index is 12.8. The Labute approximate surface area is 138 Å². The number of rotatable bonds is 2. The summed E-state index contributed by atoms with van der Waals surface area (Å²) in [6.07, 6.45) is 2.10. The lowest BCUT2D eigenvalue weighted by molar-refractivity contribution is -0.148. The van der Waals surface area contributed by atoms with Crippen LogP contribution in [0.5, 0.6) is 0 Å². The number of anilines is 1. The van der Waals surface area contributed by atoms with Crippen LogP contribution >= 0.6 is 0 Å². The first-order valence-corrected chi connectivity index (χ1v) is 8.66. The molecule has 1 aromatic rings. The second kappa shape index (κ2) is 6.87. The minimum Gasteiger partial charge on any atom is -0.372 e. The Bertz CT molecular complexity index is 545. The van der Waals surface area contributed by atoms with Crippen LogP contribution in [0, 0.1) is 12.8 Å². The van der Waals surface area contributed by atoms with Crippen molar-refractivity contribution in [2.75, 3.05) is 31.1 Å². The minimum absolute atomic E-state index is 0.138. The van der Waals surface area contributed by atoms with Gasteiger partial charge in [-0.15, -0.1) is 0 Å². The first kappa shape index (κ1) is 16.2. The zero-order valence-corrected chi connectivity index (χ0v) is 14.4. The third-order valence-corrected chi connectivity index (χ3v) is 4.77. The summed E-state index contributed by atoms with van der Waals surface area (Å²) in [7, 11) is 0. The van der Waals surface area contributed by atoms with E-state index in [1.165, 1.54) is 0 Å². The lowest BCUT2D eigenvalue weighted by Crippen LogP contribution is -2.51. The number of hydrogen-bond donors (Lipinski definition) is 0. The zero-order valence-electron chi connectivity index (χ0n) is 14.4. The third kappa shape index (κ3) is 3.83. The predicted octanol–water partition coefficient (Wildman–Crippen LogP) is 2.24. The first-order valence-electron chi connectivity index (χ1n) is 8.66. The molecule has 0 saturated carbocycles. The van der Waals surface area contributed by atoms with Crippen molar-refractivity contribution >= 4 is 11.7 Å². The normalized spacial score (nSPS) is 26.4. The zero-order chi connectivity index (χ0) is 16.4. The molecule has 0 aliphatic carbocycles. The van der Waals surface area contributed by atoms with Crippen LogP contribution in [0.3, 0.4) is 0 Å². The van der Waals surface area contributed by atoms with E-state index < -0.39 is 0 Å². The molecule has 2 aliphatic heterocycles. The Kier molecular flexibility index (Phi) is 4.85. The Hall–Kier alpha value is -1.62. The lowest BCUT2D eigenvalue weighted by atomic mass is 9.94. The number of pyridine rings is 1. The molecule has 0 bridgehead atoms. The van der Waals surface area contributed by atoms with Gasteiger partial charge in [0.15, 0.2) is 0 Å².